The van der Waals surface area contributed by atoms with Gasteiger partial charge in [-0.25, -0.2) is 9.59 Å². The smallest absolute Gasteiger partial charge is 0.416 e. The number of carbonyl (C=O) groups excluding carboxylic acids is 2. The molecule has 0 bridgehead atoms. The van der Waals surface area contributed by atoms with Gasteiger partial charge in [0.2, 0.25) is 0 Å². The molecule has 0 aliphatic carbocycles. The van der Waals surface area contributed by atoms with Crippen molar-refractivity contribution in [2.24, 2.45) is 0 Å². The van der Waals surface area contributed by atoms with Crippen molar-refractivity contribution in [2.75, 3.05) is 44.3 Å². The molecule has 1 aliphatic rings. The first kappa shape index (κ1) is 34.0. The maximum Gasteiger partial charge on any atom is 0.416 e. The second kappa shape index (κ2) is 13.9. The van der Waals surface area contributed by atoms with Gasteiger partial charge in [0.25, 0.3) is 0 Å². The van der Waals surface area contributed by atoms with Gasteiger partial charge in [0.1, 0.15) is 0 Å². The van der Waals surface area contributed by atoms with E-state index in [1.807, 2.05) is 0 Å². The Bertz CT molecular complexity index is 1270. The molecule has 0 radical (unpaired) electrons. The Morgan fingerprint density at radius 2 is 1.47 bits per heavy atom. The van der Waals surface area contributed by atoms with Gasteiger partial charge in [-0.15, -0.1) is 0 Å². The lowest BCUT2D eigenvalue weighted by Gasteiger charge is -2.43. The number of methoxy groups -OCH3 is 2. The molecule has 0 aromatic heterocycles. The Morgan fingerprint density at radius 1 is 0.907 bits per heavy atom. The highest BCUT2D eigenvalue weighted by Crippen LogP contribution is 2.47. The van der Waals surface area contributed by atoms with Crippen molar-refractivity contribution in [1.82, 2.24) is 4.90 Å². The number of ether oxygens (including phenoxy) is 4. The molecule has 2 aromatic carbocycles. The number of fused-ring (bicyclic) bond motifs is 1. The Morgan fingerprint density at radius 3 is 1.95 bits per heavy atom. The molecule has 238 valence electrons. The molecule has 3 rings (SSSR count). The average molecular weight is 639 g/mol. The van der Waals surface area contributed by atoms with Gasteiger partial charge in [-0.3, -0.25) is 9.80 Å². The standard InChI is InChI=1S/C28H32F6N2O6S/c1-6-41-25(37)35(14-16-8-17(27(29,30)31)10-18(9-16)28(32,33)34)21-11-19(15-43-5)36(26(38)42-7-2)22-13-24(40-4)23(39-3)12-20(21)22/h8-10,12-13,19,21H,6-7,11,14-15H2,1-5H3/t19-,21-/m0/s1. The van der Waals surface area contributed by atoms with Gasteiger partial charge < -0.3 is 18.9 Å². The number of rotatable bonds is 9. The van der Waals surface area contributed by atoms with Crippen LogP contribution in [-0.4, -0.2) is 62.6 Å². The number of amides is 2. The number of thioether (sulfide) groups is 1. The number of hydrogen-bond donors (Lipinski definition) is 0. The third kappa shape index (κ3) is 7.73. The number of hydrogen-bond acceptors (Lipinski definition) is 7. The summed E-state index contributed by atoms with van der Waals surface area (Å²) in [6.45, 7) is 2.45. The third-order valence-electron chi connectivity index (χ3n) is 6.71. The lowest BCUT2D eigenvalue weighted by atomic mass is 9.89. The van der Waals surface area contributed by atoms with Crippen molar-refractivity contribution >= 4 is 29.6 Å². The SMILES string of the molecule is CCOC(=O)N(Cc1cc(C(F)(F)F)cc(C(F)(F)F)c1)[C@H]1C[C@@H](CSC)N(C(=O)OCC)c2cc(OC)c(OC)cc21. The molecular weight excluding hydrogens is 606 g/mol. The van der Waals surface area contributed by atoms with Crippen molar-refractivity contribution in [2.45, 2.75) is 51.2 Å². The normalized spacial score (nSPS) is 16.8. The molecule has 0 spiro atoms. The monoisotopic (exact) mass is 638 g/mol. The zero-order chi connectivity index (χ0) is 32.1. The fourth-order valence-electron chi connectivity index (χ4n) is 4.93. The van der Waals surface area contributed by atoms with E-state index in [0.717, 1.165) is 4.90 Å². The molecule has 15 heteroatoms. The van der Waals surface area contributed by atoms with Crippen LogP contribution in [0.2, 0.25) is 0 Å². The number of nitrogens with zero attached hydrogens (tertiary/aromatic N) is 2. The molecule has 0 fully saturated rings. The first-order valence-corrected chi connectivity index (χ1v) is 14.5. The fraction of sp³-hybridized carbons (Fsp3) is 0.500. The van der Waals surface area contributed by atoms with Crippen LogP contribution < -0.4 is 14.4 Å². The van der Waals surface area contributed by atoms with Gasteiger partial charge in [0.05, 0.1) is 56.3 Å². The quantitative estimate of drug-likeness (QED) is 0.263. The van der Waals surface area contributed by atoms with Crippen LogP contribution in [0.4, 0.5) is 41.6 Å². The lowest BCUT2D eigenvalue weighted by Crippen LogP contribution is -2.50. The van der Waals surface area contributed by atoms with Crippen LogP contribution >= 0.6 is 11.8 Å². The molecule has 43 heavy (non-hydrogen) atoms. The number of benzene rings is 2. The Balaban J connectivity index is 2.27. The number of alkyl halides is 6. The predicted molar refractivity (Wildman–Crippen MR) is 148 cm³/mol. The molecule has 0 saturated carbocycles. The van der Waals surface area contributed by atoms with E-state index in [0.29, 0.717) is 23.4 Å². The molecule has 0 unspecified atom stereocenters. The summed E-state index contributed by atoms with van der Waals surface area (Å²) in [5.74, 6) is 0.830. The minimum absolute atomic E-state index is 0.0248. The Kier molecular flexibility index (Phi) is 11.0. The van der Waals surface area contributed by atoms with Gasteiger partial charge in [-0.05, 0) is 56.4 Å². The average Bonchev–Trinajstić information content (AvgIpc) is 2.94. The van der Waals surface area contributed by atoms with Crippen LogP contribution in [-0.2, 0) is 28.4 Å². The van der Waals surface area contributed by atoms with Gasteiger partial charge >= 0.3 is 24.5 Å². The summed E-state index contributed by atoms with van der Waals surface area (Å²) in [5, 5.41) is 0. The summed E-state index contributed by atoms with van der Waals surface area (Å²) in [6.07, 6.45) is -9.93. The van der Waals surface area contributed by atoms with Crippen molar-refractivity contribution in [3.8, 4) is 11.5 Å². The number of carbonyl (C=O) groups is 2. The third-order valence-corrected chi connectivity index (χ3v) is 7.43. The van der Waals surface area contributed by atoms with E-state index in [1.54, 1.807) is 13.2 Å². The van der Waals surface area contributed by atoms with Crippen LogP contribution in [0.15, 0.2) is 30.3 Å². The minimum atomic E-state index is -5.07. The summed E-state index contributed by atoms with van der Waals surface area (Å²) in [6, 6.07) is 2.65. The zero-order valence-corrected chi connectivity index (χ0v) is 24.9. The summed E-state index contributed by atoms with van der Waals surface area (Å²) in [4.78, 5) is 29.0. The van der Waals surface area contributed by atoms with E-state index < -0.39 is 59.9 Å². The number of anilines is 1. The molecule has 0 saturated heterocycles. The molecule has 2 amide bonds. The first-order chi connectivity index (χ1) is 20.2. The highest BCUT2D eigenvalue weighted by atomic mass is 32.2. The molecule has 2 atom stereocenters. The van der Waals surface area contributed by atoms with Gasteiger partial charge in [0, 0.05) is 23.9 Å². The molecule has 8 nitrogen and oxygen atoms in total. The highest BCUT2D eigenvalue weighted by molar-refractivity contribution is 7.98. The van der Waals surface area contributed by atoms with Crippen LogP contribution in [0.25, 0.3) is 0 Å². The van der Waals surface area contributed by atoms with E-state index in [2.05, 4.69) is 0 Å². The van der Waals surface area contributed by atoms with E-state index in [1.165, 1.54) is 49.9 Å². The summed E-state index contributed by atoms with van der Waals surface area (Å²) in [5.41, 5.74) is -2.82. The maximum atomic E-state index is 13.6. The van der Waals surface area contributed by atoms with Crippen LogP contribution in [0.3, 0.4) is 0 Å². The molecule has 1 aliphatic heterocycles. The molecule has 2 aromatic rings. The zero-order valence-electron chi connectivity index (χ0n) is 24.1. The Hall–Kier alpha value is -3.49. The number of halogens is 6. The predicted octanol–water partition coefficient (Wildman–Crippen LogP) is 7.54. The van der Waals surface area contributed by atoms with Gasteiger partial charge in [-0.1, -0.05) is 0 Å². The lowest BCUT2D eigenvalue weighted by molar-refractivity contribution is -0.143. The summed E-state index contributed by atoms with van der Waals surface area (Å²) < 4.78 is 103. The molecule has 0 N–H and O–H groups in total. The molecule has 1 heterocycles. The van der Waals surface area contributed by atoms with Crippen molar-refractivity contribution in [1.29, 1.82) is 0 Å². The van der Waals surface area contributed by atoms with Gasteiger partial charge in [0.15, 0.2) is 11.5 Å². The van der Waals surface area contributed by atoms with Crippen molar-refractivity contribution in [3.05, 3.63) is 52.6 Å². The van der Waals surface area contributed by atoms with E-state index >= 15 is 0 Å². The Labute approximate surface area is 249 Å². The first-order valence-electron chi connectivity index (χ1n) is 13.1. The van der Waals surface area contributed by atoms with Crippen LogP contribution in [0.5, 0.6) is 11.5 Å². The maximum absolute atomic E-state index is 13.6. The largest absolute Gasteiger partial charge is 0.493 e. The highest BCUT2D eigenvalue weighted by Gasteiger charge is 2.43. The fourth-order valence-corrected chi connectivity index (χ4v) is 5.60. The minimum Gasteiger partial charge on any atom is -0.493 e. The summed E-state index contributed by atoms with van der Waals surface area (Å²) >= 11 is 1.40. The van der Waals surface area contributed by atoms with E-state index in [-0.39, 0.29) is 42.9 Å². The van der Waals surface area contributed by atoms with E-state index in [4.69, 9.17) is 18.9 Å². The van der Waals surface area contributed by atoms with E-state index in [9.17, 15) is 35.9 Å². The summed E-state index contributed by atoms with van der Waals surface area (Å²) in [7, 11) is 2.75. The topological polar surface area (TPSA) is 77.5 Å². The van der Waals surface area contributed by atoms with Crippen molar-refractivity contribution in [3.63, 3.8) is 0 Å². The van der Waals surface area contributed by atoms with Crippen LogP contribution in [0.1, 0.15) is 48.6 Å². The van der Waals surface area contributed by atoms with Crippen molar-refractivity contribution < 1.29 is 54.9 Å². The second-order valence-electron chi connectivity index (χ2n) is 9.44. The van der Waals surface area contributed by atoms with Crippen LogP contribution in [0, 0.1) is 0 Å². The van der Waals surface area contributed by atoms with Gasteiger partial charge in [-0.2, -0.15) is 38.1 Å². The molecular formula is C28H32F6N2O6S. The second-order valence-corrected chi connectivity index (χ2v) is 10.3.